The van der Waals surface area contributed by atoms with Crippen LogP contribution in [0.2, 0.25) is 0 Å². The van der Waals surface area contributed by atoms with E-state index in [1.807, 2.05) is 6.92 Å². The van der Waals surface area contributed by atoms with Gasteiger partial charge in [-0.25, -0.2) is 4.79 Å². The van der Waals surface area contributed by atoms with E-state index in [1.54, 1.807) is 19.1 Å². The van der Waals surface area contributed by atoms with E-state index in [9.17, 15) is 9.59 Å². The first kappa shape index (κ1) is 14.2. The van der Waals surface area contributed by atoms with Crippen molar-refractivity contribution in [2.75, 3.05) is 11.9 Å². The highest BCUT2D eigenvalue weighted by molar-refractivity contribution is 6.01. The maximum absolute atomic E-state index is 11.9. The summed E-state index contributed by atoms with van der Waals surface area (Å²) in [6.07, 6.45) is 0.622. The third-order valence-corrected chi connectivity index (χ3v) is 2.81. The maximum Gasteiger partial charge on any atom is 0.337 e. The van der Waals surface area contributed by atoms with Crippen LogP contribution >= 0.6 is 0 Å². The number of aryl methyl sites for hydroxylation is 1. The molecule has 5 nitrogen and oxygen atoms in total. The third kappa shape index (κ3) is 3.30. The van der Waals surface area contributed by atoms with Crippen LogP contribution in [0.15, 0.2) is 18.2 Å². The van der Waals surface area contributed by atoms with Gasteiger partial charge in [0.1, 0.15) is 0 Å². The zero-order chi connectivity index (χ0) is 13.7. The van der Waals surface area contributed by atoms with Crippen molar-refractivity contribution in [3.63, 3.8) is 0 Å². The van der Waals surface area contributed by atoms with Crippen LogP contribution in [0.3, 0.4) is 0 Å². The minimum Gasteiger partial charge on any atom is -0.478 e. The van der Waals surface area contributed by atoms with Crippen molar-refractivity contribution in [1.29, 1.82) is 0 Å². The van der Waals surface area contributed by atoms with Gasteiger partial charge in [-0.1, -0.05) is 18.6 Å². The molecule has 1 atom stereocenters. The van der Waals surface area contributed by atoms with Crippen molar-refractivity contribution in [2.24, 2.45) is 11.7 Å². The first-order chi connectivity index (χ1) is 8.49. The number of carbonyl (C=O) groups is 2. The van der Waals surface area contributed by atoms with Crippen molar-refractivity contribution >= 4 is 17.6 Å². The van der Waals surface area contributed by atoms with Gasteiger partial charge in [0.15, 0.2) is 0 Å². The Morgan fingerprint density at radius 2 is 2.11 bits per heavy atom. The number of hydrogen-bond donors (Lipinski definition) is 3. The molecule has 1 aromatic rings. The summed E-state index contributed by atoms with van der Waals surface area (Å²) in [5, 5.41) is 11.7. The number of carboxylic acid groups (broad SMARTS) is 1. The molecule has 1 amide bonds. The van der Waals surface area contributed by atoms with Gasteiger partial charge in [-0.05, 0) is 25.5 Å². The molecule has 98 valence electrons. The second-order valence-corrected chi connectivity index (χ2v) is 4.18. The fourth-order valence-electron chi connectivity index (χ4n) is 1.64. The second kappa shape index (κ2) is 6.16. The molecule has 0 aliphatic rings. The van der Waals surface area contributed by atoms with Crippen LogP contribution in [0.5, 0.6) is 0 Å². The lowest BCUT2D eigenvalue weighted by Crippen LogP contribution is -2.29. The summed E-state index contributed by atoms with van der Waals surface area (Å²) >= 11 is 0. The summed E-state index contributed by atoms with van der Waals surface area (Å²) < 4.78 is 0. The molecule has 0 radical (unpaired) electrons. The number of carboxylic acids is 1. The Kier molecular flexibility index (Phi) is 4.85. The summed E-state index contributed by atoms with van der Waals surface area (Å²) in [5.74, 6) is -1.60. The zero-order valence-corrected chi connectivity index (χ0v) is 10.6. The van der Waals surface area contributed by atoms with E-state index in [-0.39, 0.29) is 23.9 Å². The molecule has 0 saturated heterocycles. The van der Waals surface area contributed by atoms with Crippen molar-refractivity contribution in [1.82, 2.24) is 0 Å². The molecule has 0 bridgehead atoms. The van der Waals surface area contributed by atoms with Crippen LogP contribution < -0.4 is 11.1 Å². The van der Waals surface area contributed by atoms with E-state index in [1.165, 1.54) is 6.07 Å². The third-order valence-electron chi connectivity index (χ3n) is 2.81. The highest BCUT2D eigenvalue weighted by Gasteiger charge is 2.17. The van der Waals surface area contributed by atoms with Crippen molar-refractivity contribution in [3.05, 3.63) is 29.3 Å². The van der Waals surface area contributed by atoms with Crippen molar-refractivity contribution < 1.29 is 14.7 Å². The number of nitrogens with one attached hydrogen (secondary N) is 1. The average molecular weight is 250 g/mol. The number of aromatic carboxylic acids is 1. The predicted octanol–water partition coefficient (Wildman–Crippen LogP) is 1.62. The smallest absolute Gasteiger partial charge is 0.337 e. The molecule has 0 saturated carbocycles. The van der Waals surface area contributed by atoms with Crippen LogP contribution in [0.25, 0.3) is 0 Å². The van der Waals surface area contributed by atoms with E-state index >= 15 is 0 Å². The molecule has 5 heteroatoms. The Labute approximate surface area is 106 Å². The molecular formula is C13H18N2O3. The molecule has 0 aliphatic heterocycles. The summed E-state index contributed by atoms with van der Waals surface area (Å²) in [6, 6.07) is 4.88. The summed E-state index contributed by atoms with van der Waals surface area (Å²) in [7, 11) is 0. The van der Waals surface area contributed by atoms with Gasteiger partial charge in [0.05, 0.1) is 17.2 Å². The number of anilines is 1. The highest BCUT2D eigenvalue weighted by atomic mass is 16.4. The van der Waals surface area contributed by atoms with Gasteiger partial charge >= 0.3 is 5.97 Å². The van der Waals surface area contributed by atoms with Crippen LogP contribution in [0.4, 0.5) is 5.69 Å². The van der Waals surface area contributed by atoms with Gasteiger partial charge in [-0.15, -0.1) is 0 Å². The lowest BCUT2D eigenvalue weighted by molar-refractivity contribution is -0.119. The minimum absolute atomic E-state index is 0.0928. The van der Waals surface area contributed by atoms with Gasteiger partial charge in [0.25, 0.3) is 0 Å². The Morgan fingerprint density at radius 1 is 1.44 bits per heavy atom. The molecule has 0 aromatic heterocycles. The van der Waals surface area contributed by atoms with Gasteiger partial charge < -0.3 is 16.2 Å². The zero-order valence-electron chi connectivity index (χ0n) is 10.6. The van der Waals surface area contributed by atoms with E-state index in [4.69, 9.17) is 10.8 Å². The molecule has 0 spiro atoms. The molecule has 0 fully saturated rings. The molecule has 1 aromatic carbocycles. The quantitative estimate of drug-likeness (QED) is 0.740. The molecule has 18 heavy (non-hydrogen) atoms. The van der Waals surface area contributed by atoms with E-state index in [0.29, 0.717) is 12.1 Å². The van der Waals surface area contributed by atoms with Gasteiger partial charge in [0, 0.05) is 6.54 Å². The average Bonchev–Trinajstić information content (AvgIpc) is 2.32. The normalized spacial score (nSPS) is 11.9. The van der Waals surface area contributed by atoms with Crippen molar-refractivity contribution in [2.45, 2.75) is 20.3 Å². The van der Waals surface area contributed by atoms with E-state index in [2.05, 4.69) is 5.32 Å². The number of rotatable bonds is 5. The highest BCUT2D eigenvalue weighted by Crippen LogP contribution is 2.18. The number of carbonyl (C=O) groups excluding carboxylic acids is 1. The molecule has 4 N–H and O–H groups in total. The monoisotopic (exact) mass is 250 g/mol. The van der Waals surface area contributed by atoms with Gasteiger partial charge in [-0.2, -0.15) is 0 Å². The molecule has 0 aliphatic carbocycles. The van der Waals surface area contributed by atoms with Gasteiger partial charge in [-0.3, -0.25) is 4.79 Å². The Morgan fingerprint density at radius 3 is 2.61 bits per heavy atom. The number of nitrogens with two attached hydrogens (primary N) is 1. The fourth-order valence-corrected chi connectivity index (χ4v) is 1.64. The van der Waals surface area contributed by atoms with Gasteiger partial charge in [0.2, 0.25) is 5.91 Å². The lowest BCUT2D eigenvalue weighted by atomic mass is 10.0. The maximum atomic E-state index is 11.9. The molecular weight excluding hydrogens is 232 g/mol. The minimum atomic E-state index is -1.06. The SMILES string of the molecule is CCC(CN)C(=O)Nc1ccc(C)cc1C(=O)O. The van der Waals surface area contributed by atoms with Crippen molar-refractivity contribution in [3.8, 4) is 0 Å². The van der Waals surface area contributed by atoms with Crippen LogP contribution in [-0.4, -0.2) is 23.5 Å². The van der Waals surface area contributed by atoms with E-state index < -0.39 is 5.97 Å². The summed E-state index contributed by atoms with van der Waals surface area (Å²) in [4.78, 5) is 22.9. The largest absolute Gasteiger partial charge is 0.478 e. The summed E-state index contributed by atoms with van der Waals surface area (Å²) in [5.41, 5.74) is 6.72. The predicted molar refractivity (Wildman–Crippen MR) is 69.6 cm³/mol. The van der Waals surface area contributed by atoms with Crippen LogP contribution in [0.1, 0.15) is 29.3 Å². The van der Waals surface area contributed by atoms with Crippen LogP contribution in [-0.2, 0) is 4.79 Å². The second-order valence-electron chi connectivity index (χ2n) is 4.18. The van der Waals surface area contributed by atoms with Crippen LogP contribution in [0, 0.1) is 12.8 Å². The topological polar surface area (TPSA) is 92.4 Å². The number of benzene rings is 1. The standard InChI is InChI=1S/C13H18N2O3/c1-3-9(7-14)12(16)15-11-5-4-8(2)6-10(11)13(17)18/h4-6,9H,3,7,14H2,1-2H3,(H,15,16)(H,17,18). The lowest BCUT2D eigenvalue weighted by Gasteiger charge is -2.14. The fraction of sp³-hybridized carbons (Fsp3) is 0.385. The molecule has 1 rings (SSSR count). The first-order valence-electron chi connectivity index (χ1n) is 5.84. The first-order valence-corrected chi connectivity index (χ1v) is 5.84. The number of hydrogen-bond acceptors (Lipinski definition) is 3. The Hall–Kier alpha value is -1.88. The summed E-state index contributed by atoms with van der Waals surface area (Å²) in [6.45, 7) is 3.91. The van der Waals surface area contributed by atoms with E-state index in [0.717, 1.165) is 5.56 Å². The molecule has 1 unspecified atom stereocenters. The Bertz CT molecular complexity index is 454. The Balaban J connectivity index is 2.97. The number of amides is 1. The molecule has 0 heterocycles.